The molecule has 112 valence electrons. The van der Waals surface area contributed by atoms with Crippen LogP contribution in [0.15, 0.2) is 36.4 Å². The van der Waals surface area contributed by atoms with Crippen LogP contribution in [0.3, 0.4) is 0 Å². The predicted octanol–water partition coefficient (Wildman–Crippen LogP) is 2.44. The lowest BCUT2D eigenvalue weighted by Crippen LogP contribution is -2.17. The molecule has 0 radical (unpaired) electrons. The van der Waals surface area contributed by atoms with Gasteiger partial charge in [0.1, 0.15) is 13.2 Å². The molecule has 0 spiro atoms. The largest absolute Gasteiger partial charge is 0.486 e. The third-order valence-electron chi connectivity index (χ3n) is 3.43. The first-order valence-corrected chi connectivity index (χ1v) is 6.90. The summed E-state index contributed by atoms with van der Waals surface area (Å²) in [6, 6.07) is 10.4. The van der Waals surface area contributed by atoms with Gasteiger partial charge in [-0.3, -0.25) is 4.79 Å². The van der Waals surface area contributed by atoms with Gasteiger partial charge in [-0.05, 0) is 30.3 Å². The highest BCUT2D eigenvalue weighted by Crippen LogP contribution is 2.35. The number of hydrogen-bond donors (Lipinski definition) is 1. The second kappa shape index (κ2) is 5.14. The normalized spacial score (nSPS) is 14.5. The van der Waals surface area contributed by atoms with Crippen LogP contribution in [0.25, 0.3) is 0 Å². The molecule has 4 rings (SSSR count). The fraction of sp³-hybridized carbons (Fsp3) is 0.188. The molecule has 0 fully saturated rings. The molecular formula is C16H13NO5. The molecular weight excluding hydrogens is 286 g/mol. The Labute approximate surface area is 126 Å². The van der Waals surface area contributed by atoms with E-state index in [2.05, 4.69) is 5.32 Å². The zero-order chi connectivity index (χ0) is 14.9. The van der Waals surface area contributed by atoms with E-state index in [1.807, 2.05) is 0 Å². The van der Waals surface area contributed by atoms with Crippen LogP contribution in [-0.4, -0.2) is 25.9 Å². The summed E-state index contributed by atoms with van der Waals surface area (Å²) in [5, 5.41) is 2.82. The standard InChI is InChI=1S/C16H13NO5/c18-16(10-1-3-12-14(7-10)20-6-5-19-12)17-11-2-4-13-15(8-11)22-9-21-13/h1-4,7-8H,5-6,9H2,(H,17,18). The van der Waals surface area contributed by atoms with Crippen LogP contribution in [0.2, 0.25) is 0 Å². The molecule has 0 aliphatic carbocycles. The molecule has 0 bridgehead atoms. The maximum atomic E-state index is 12.3. The molecule has 6 heteroatoms. The van der Waals surface area contributed by atoms with Crippen molar-refractivity contribution in [3.05, 3.63) is 42.0 Å². The average Bonchev–Trinajstić information content (AvgIpc) is 3.02. The van der Waals surface area contributed by atoms with Gasteiger partial charge in [-0.1, -0.05) is 0 Å². The van der Waals surface area contributed by atoms with Crippen molar-refractivity contribution >= 4 is 11.6 Å². The second-order valence-electron chi connectivity index (χ2n) is 4.88. The number of benzene rings is 2. The fourth-order valence-corrected chi connectivity index (χ4v) is 2.36. The van der Waals surface area contributed by atoms with Gasteiger partial charge in [0.15, 0.2) is 23.0 Å². The maximum Gasteiger partial charge on any atom is 0.255 e. The summed E-state index contributed by atoms with van der Waals surface area (Å²) >= 11 is 0. The van der Waals surface area contributed by atoms with Gasteiger partial charge in [-0.2, -0.15) is 0 Å². The van der Waals surface area contributed by atoms with Gasteiger partial charge in [0.2, 0.25) is 6.79 Å². The van der Waals surface area contributed by atoms with E-state index in [0.717, 1.165) is 0 Å². The molecule has 1 amide bonds. The lowest BCUT2D eigenvalue weighted by Gasteiger charge is -2.18. The highest BCUT2D eigenvalue weighted by Gasteiger charge is 2.17. The minimum atomic E-state index is -0.226. The van der Waals surface area contributed by atoms with Crippen molar-refractivity contribution in [1.29, 1.82) is 0 Å². The number of nitrogens with one attached hydrogen (secondary N) is 1. The molecule has 0 unspecified atom stereocenters. The quantitative estimate of drug-likeness (QED) is 0.922. The van der Waals surface area contributed by atoms with Gasteiger partial charge >= 0.3 is 0 Å². The van der Waals surface area contributed by atoms with Gasteiger partial charge in [0.05, 0.1) is 0 Å². The van der Waals surface area contributed by atoms with Crippen molar-refractivity contribution in [3.8, 4) is 23.0 Å². The smallest absolute Gasteiger partial charge is 0.255 e. The highest BCUT2D eigenvalue weighted by molar-refractivity contribution is 6.04. The fourth-order valence-electron chi connectivity index (χ4n) is 2.36. The third-order valence-corrected chi connectivity index (χ3v) is 3.43. The van der Waals surface area contributed by atoms with E-state index in [9.17, 15) is 4.79 Å². The van der Waals surface area contributed by atoms with E-state index in [-0.39, 0.29) is 12.7 Å². The molecule has 2 aromatic rings. The van der Waals surface area contributed by atoms with Gasteiger partial charge < -0.3 is 24.3 Å². The molecule has 0 saturated carbocycles. The Morgan fingerprint density at radius 2 is 1.50 bits per heavy atom. The summed E-state index contributed by atoms with van der Waals surface area (Å²) in [5.41, 5.74) is 1.14. The lowest BCUT2D eigenvalue weighted by molar-refractivity contribution is 0.102. The van der Waals surface area contributed by atoms with Gasteiger partial charge in [-0.15, -0.1) is 0 Å². The first-order valence-electron chi connectivity index (χ1n) is 6.90. The minimum absolute atomic E-state index is 0.203. The van der Waals surface area contributed by atoms with Crippen molar-refractivity contribution in [2.45, 2.75) is 0 Å². The highest BCUT2D eigenvalue weighted by atomic mass is 16.7. The summed E-state index contributed by atoms with van der Waals surface area (Å²) in [7, 11) is 0. The van der Waals surface area contributed by atoms with Crippen LogP contribution in [-0.2, 0) is 0 Å². The first kappa shape index (κ1) is 12.8. The predicted molar refractivity (Wildman–Crippen MR) is 78.0 cm³/mol. The van der Waals surface area contributed by atoms with Crippen molar-refractivity contribution in [3.63, 3.8) is 0 Å². The van der Waals surface area contributed by atoms with E-state index in [1.54, 1.807) is 36.4 Å². The minimum Gasteiger partial charge on any atom is -0.486 e. The summed E-state index contributed by atoms with van der Waals surface area (Å²) in [6.45, 7) is 1.21. The number of carbonyl (C=O) groups is 1. The van der Waals surface area contributed by atoms with Gasteiger partial charge in [0, 0.05) is 17.3 Å². The van der Waals surface area contributed by atoms with E-state index in [0.29, 0.717) is 47.5 Å². The van der Waals surface area contributed by atoms with E-state index >= 15 is 0 Å². The van der Waals surface area contributed by atoms with Crippen molar-refractivity contribution < 1.29 is 23.7 Å². The monoisotopic (exact) mass is 299 g/mol. The zero-order valence-electron chi connectivity index (χ0n) is 11.6. The van der Waals surface area contributed by atoms with Gasteiger partial charge in [-0.25, -0.2) is 0 Å². The van der Waals surface area contributed by atoms with Crippen LogP contribution in [0.5, 0.6) is 23.0 Å². The molecule has 6 nitrogen and oxygen atoms in total. The van der Waals surface area contributed by atoms with Gasteiger partial charge in [0.25, 0.3) is 5.91 Å². The van der Waals surface area contributed by atoms with Crippen LogP contribution < -0.4 is 24.3 Å². The van der Waals surface area contributed by atoms with Crippen molar-refractivity contribution in [2.75, 3.05) is 25.3 Å². The molecule has 2 aliphatic rings. The maximum absolute atomic E-state index is 12.3. The lowest BCUT2D eigenvalue weighted by atomic mass is 10.1. The molecule has 2 aliphatic heterocycles. The summed E-state index contributed by atoms with van der Waals surface area (Å²) in [4.78, 5) is 12.3. The molecule has 0 saturated heterocycles. The number of amides is 1. The van der Waals surface area contributed by atoms with Crippen molar-refractivity contribution in [1.82, 2.24) is 0 Å². The molecule has 0 aromatic heterocycles. The van der Waals surface area contributed by atoms with E-state index < -0.39 is 0 Å². The topological polar surface area (TPSA) is 66.0 Å². The number of anilines is 1. The Morgan fingerprint density at radius 3 is 2.41 bits per heavy atom. The second-order valence-corrected chi connectivity index (χ2v) is 4.88. The summed E-state index contributed by atoms with van der Waals surface area (Å²) in [5.74, 6) is 2.32. The average molecular weight is 299 g/mol. The summed E-state index contributed by atoms with van der Waals surface area (Å²) in [6.07, 6.45) is 0. The van der Waals surface area contributed by atoms with Crippen LogP contribution in [0, 0.1) is 0 Å². The Morgan fingerprint density at radius 1 is 0.818 bits per heavy atom. The molecule has 2 heterocycles. The SMILES string of the molecule is O=C(Nc1ccc2c(c1)OCO2)c1ccc2c(c1)OCCO2. The molecule has 22 heavy (non-hydrogen) atoms. The number of hydrogen-bond acceptors (Lipinski definition) is 5. The molecule has 1 N–H and O–H groups in total. The molecule has 2 aromatic carbocycles. The van der Waals surface area contributed by atoms with E-state index in [4.69, 9.17) is 18.9 Å². The number of fused-ring (bicyclic) bond motifs is 2. The zero-order valence-corrected chi connectivity index (χ0v) is 11.6. The van der Waals surface area contributed by atoms with Crippen LogP contribution >= 0.6 is 0 Å². The third kappa shape index (κ3) is 2.28. The Kier molecular flexibility index (Phi) is 3.00. The van der Waals surface area contributed by atoms with Crippen molar-refractivity contribution in [2.24, 2.45) is 0 Å². The van der Waals surface area contributed by atoms with Crippen LogP contribution in [0.1, 0.15) is 10.4 Å². The Hall–Kier alpha value is -2.89. The number of rotatable bonds is 2. The number of carbonyl (C=O) groups excluding carboxylic acids is 1. The van der Waals surface area contributed by atoms with E-state index in [1.165, 1.54) is 0 Å². The first-order chi connectivity index (χ1) is 10.8. The Bertz CT molecular complexity index is 743. The molecule has 0 atom stereocenters. The number of ether oxygens (including phenoxy) is 4. The Balaban J connectivity index is 1.54. The summed E-state index contributed by atoms with van der Waals surface area (Å²) < 4.78 is 21.5. The van der Waals surface area contributed by atoms with Crippen LogP contribution in [0.4, 0.5) is 5.69 Å².